The second kappa shape index (κ2) is 10.0. The molecule has 9 rings (SSSR count). The fraction of sp³-hybridized carbons (Fsp3) is 0.459. The van der Waals surface area contributed by atoms with E-state index in [1.165, 1.54) is 38.3 Å². The minimum absolute atomic E-state index is 0.0582. The lowest BCUT2D eigenvalue weighted by Gasteiger charge is -2.30. The number of nitrogens with one attached hydrogen (secondary N) is 2. The maximum atomic E-state index is 16.2. The van der Waals surface area contributed by atoms with Crippen LogP contribution in [0.1, 0.15) is 67.9 Å². The Kier molecular flexibility index (Phi) is 6.15. The number of amides is 1. The van der Waals surface area contributed by atoms with Gasteiger partial charge in [-0.3, -0.25) is 9.69 Å². The minimum atomic E-state index is -3.08. The van der Waals surface area contributed by atoms with Crippen molar-refractivity contribution >= 4 is 23.0 Å². The van der Waals surface area contributed by atoms with E-state index < -0.39 is 5.92 Å². The first-order valence-corrected chi connectivity index (χ1v) is 16.8. The predicted octanol–water partition coefficient (Wildman–Crippen LogP) is 6.22. The lowest BCUT2D eigenvalue weighted by atomic mass is 9.87. The number of aromatic nitrogens is 2. The molecule has 2 bridgehead atoms. The molecule has 238 valence electrons. The van der Waals surface area contributed by atoms with Gasteiger partial charge < -0.3 is 20.9 Å². The molecule has 1 amide bonds. The van der Waals surface area contributed by atoms with Crippen LogP contribution in [0.25, 0.3) is 27.7 Å². The quantitative estimate of drug-likeness (QED) is 0.272. The third kappa shape index (κ3) is 4.23. The normalized spacial score (nSPS) is 30.5. The zero-order valence-electron chi connectivity index (χ0n) is 26.1. The Balaban J connectivity index is 0.935. The number of hydrogen-bond acceptors (Lipinski definition) is 5. The summed E-state index contributed by atoms with van der Waals surface area (Å²) in [4.78, 5) is 24.5. The summed E-state index contributed by atoms with van der Waals surface area (Å²) in [5, 5.41) is 3.42. The van der Waals surface area contributed by atoms with Gasteiger partial charge >= 0.3 is 0 Å². The number of allylic oxidation sites excluding steroid dienone is 4. The van der Waals surface area contributed by atoms with Crippen molar-refractivity contribution in [2.24, 2.45) is 23.0 Å². The van der Waals surface area contributed by atoms with E-state index in [-0.39, 0.29) is 29.5 Å². The second-order valence-electron chi connectivity index (χ2n) is 14.7. The Morgan fingerprint density at radius 2 is 2.00 bits per heavy atom. The average Bonchev–Trinajstić information content (AvgIpc) is 3.48. The number of piperidine rings is 1. The third-order valence-electron chi connectivity index (χ3n) is 12.2. The molecule has 0 radical (unpaired) electrons. The van der Waals surface area contributed by atoms with Crippen molar-refractivity contribution in [3.63, 3.8) is 0 Å². The lowest BCUT2D eigenvalue weighted by Crippen LogP contribution is -2.38. The van der Waals surface area contributed by atoms with Crippen molar-refractivity contribution < 1.29 is 13.6 Å². The molecule has 5 atom stereocenters. The van der Waals surface area contributed by atoms with Crippen LogP contribution in [-0.4, -0.2) is 58.4 Å². The molecule has 46 heavy (non-hydrogen) atoms. The van der Waals surface area contributed by atoms with Crippen molar-refractivity contribution in [2.75, 3.05) is 20.1 Å². The molecule has 6 aliphatic rings. The highest BCUT2D eigenvalue weighted by Gasteiger charge is 2.52. The van der Waals surface area contributed by atoms with Gasteiger partial charge in [0.2, 0.25) is 6.41 Å². The number of alkyl halides is 2. The molecular formula is C37H40F2N6O. The molecule has 7 nitrogen and oxygen atoms in total. The van der Waals surface area contributed by atoms with Crippen LogP contribution < -0.4 is 11.1 Å². The Labute approximate surface area is 267 Å². The molecule has 2 aliphatic heterocycles. The van der Waals surface area contributed by atoms with E-state index in [1.54, 1.807) is 6.07 Å². The summed E-state index contributed by atoms with van der Waals surface area (Å²) in [5.74, 6) is -1.71. The number of nitrogens with zero attached hydrogens (tertiary/aromatic N) is 3. The van der Waals surface area contributed by atoms with E-state index in [4.69, 9.17) is 10.7 Å². The lowest BCUT2D eigenvalue weighted by molar-refractivity contribution is -0.118. The zero-order chi connectivity index (χ0) is 31.4. The van der Waals surface area contributed by atoms with Gasteiger partial charge in [0.15, 0.2) is 0 Å². The Bertz CT molecular complexity index is 1850. The molecule has 3 aromatic rings. The van der Waals surface area contributed by atoms with Crippen LogP contribution in [0.3, 0.4) is 0 Å². The molecule has 2 saturated carbocycles. The molecule has 5 unspecified atom stereocenters. The topological polar surface area (TPSA) is 90.3 Å². The zero-order valence-corrected chi connectivity index (χ0v) is 26.1. The van der Waals surface area contributed by atoms with Crippen LogP contribution >= 0.6 is 0 Å². The maximum Gasteiger partial charge on any atom is 0.296 e. The number of aromatic amines is 1. The number of benzene rings is 2. The van der Waals surface area contributed by atoms with Crippen molar-refractivity contribution in [3.05, 3.63) is 83.0 Å². The van der Waals surface area contributed by atoms with Crippen molar-refractivity contribution in [1.29, 1.82) is 0 Å². The first kappa shape index (κ1) is 28.3. The first-order chi connectivity index (χ1) is 22.3. The fourth-order valence-electron chi connectivity index (χ4n) is 9.43. The Morgan fingerprint density at radius 3 is 2.76 bits per heavy atom. The first-order valence-electron chi connectivity index (χ1n) is 16.8. The van der Waals surface area contributed by atoms with Crippen molar-refractivity contribution in [1.82, 2.24) is 25.1 Å². The molecule has 4 aliphatic carbocycles. The summed E-state index contributed by atoms with van der Waals surface area (Å²) in [7, 11) is 2.20. The van der Waals surface area contributed by atoms with E-state index in [9.17, 15) is 4.79 Å². The van der Waals surface area contributed by atoms with Gasteiger partial charge in [0.05, 0.1) is 17.1 Å². The van der Waals surface area contributed by atoms with Crippen LogP contribution in [0.4, 0.5) is 8.78 Å². The molecule has 9 heteroatoms. The van der Waals surface area contributed by atoms with Gasteiger partial charge in [-0.25, -0.2) is 4.98 Å². The van der Waals surface area contributed by atoms with Crippen LogP contribution in [-0.2, 0) is 10.7 Å². The highest BCUT2D eigenvalue weighted by Crippen LogP contribution is 2.56. The maximum absolute atomic E-state index is 16.2. The van der Waals surface area contributed by atoms with Crippen LogP contribution in [0.5, 0.6) is 0 Å². The van der Waals surface area contributed by atoms with Crippen LogP contribution in [0.15, 0.2) is 66.0 Å². The molecule has 2 aromatic carbocycles. The van der Waals surface area contributed by atoms with Crippen molar-refractivity contribution in [3.8, 4) is 11.1 Å². The number of rotatable bonds is 7. The number of halogens is 2. The SMILES string of the molecule is CN1C2CCC(C2)C1c1nc2ccc(-c3ccc4c(c3)C(F)(F)C3=C4C=CC(/C(=C/N)NCC4CC5(CC5)CN4C=O)C3)cc2[nH]1. The Hall–Kier alpha value is -3.98. The average molecular weight is 623 g/mol. The van der Waals surface area contributed by atoms with Gasteiger partial charge in [-0.05, 0) is 104 Å². The molecule has 1 spiro atoms. The number of carbonyl (C=O) groups is 1. The van der Waals surface area contributed by atoms with E-state index in [1.807, 2.05) is 47.4 Å². The summed E-state index contributed by atoms with van der Waals surface area (Å²) in [5.41, 5.74) is 12.0. The smallest absolute Gasteiger partial charge is 0.296 e. The minimum Gasteiger partial charge on any atom is -0.403 e. The fourth-order valence-corrected chi connectivity index (χ4v) is 9.43. The monoisotopic (exact) mass is 622 g/mol. The van der Waals surface area contributed by atoms with Crippen LogP contribution in [0.2, 0.25) is 0 Å². The van der Waals surface area contributed by atoms with Gasteiger partial charge in [-0.15, -0.1) is 0 Å². The molecule has 4 N–H and O–H groups in total. The highest BCUT2D eigenvalue weighted by molar-refractivity contribution is 5.88. The summed E-state index contributed by atoms with van der Waals surface area (Å²) in [6.07, 6.45) is 13.5. The number of nitrogens with two attached hydrogens (primary N) is 1. The van der Waals surface area contributed by atoms with E-state index in [0.717, 1.165) is 53.1 Å². The number of H-pyrrole nitrogens is 1. The Morgan fingerprint density at radius 1 is 1.17 bits per heavy atom. The van der Waals surface area contributed by atoms with Crippen LogP contribution in [0, 0.1) is 17.3 Å². The molecule has 3 heterocycles. The number of hydrogen-bond donors (Lipinski definition) is 3. The van der Waals surface area contributed by atoms with Crippen molar-refractivity contribution in [2.45, 2.75) is 69.0 Å². The third-order valence-corrected chi connectivity index (χ3v) is 12.2. The molecule has 2 saturated heterocycles. The second-order valence-corrected chi connectivity index (χ2v) is 14.7. The number of likely N-dealkylation sites (tertiary alicyclic amines) is 2. The van der Waals surface area contributed by atoms with Gasteiger partial charge in [0.25, 0.3) is 5.92 Å². The largest absolute Gasteiger partial charge is 0.403 e. The van der Waals surface area contributed by atoms with Gasteiger partial charge in [-0.2, -0.15) is 8.78 Å². The van der Waals surface area contributed by atoms with E-state index >= 15 is 8.78 Å². The standard InChI is InChI=1S/C37H40F2N6O/c1-44-25-6-2-24(12-25)34(44)35-42-31-9-5-22(15-32(31)43-35)21-3-7-27-28-8-4-23(14-30(28)37(38,39)29(27)13-21)33(17-40)41-18-26-16-36(10-11-36)19-45(26)20-46/h3-5,7-9,13,15,17,20,23-26,34,41H,2,6,10-12,14,16,18-19,40H2,1H3,(H,42,43)/b33-17-. The summed E-state index contributed by atoms with van der Waals surface area (Å²) in [6, 6.07) is 12.5. The van der Waals surface area contributed by atoms with E-state index in [2.05, 4.69) is 22.2 Å². The number of carbonyl (C=O) groups excluding carboxylic acids is 1. The number of fused-ring (bicyclic) bond motifs is 5. The van der Waals surface area contributed by atoms with Gasteiger partial charge in [0, 0.05) is 54.1 Å². The summed E-state index contributed by atoms with van der Waals surface area (Å²) in [6.45, 7) is 1.38. The molecule has 1 aromatic heterocycles. The van der Waals surface area contributed by atoms with Gasteiger partial charge in [0.1, 0.15) is 5.82 Å². The van der Waals surface area contributed by atoms with E-state index in [0.29, 0.717) is 41.1 Å². The summed E-state index contributed by atoms with van der Waals surface area (Å²) >= 11 is 0. The van der Waals surface area contributed by atoms with Gasteiger partial charge in [-0.1, -0.05) is 30.4 Å². The molecule has 4 fully saturated rings. The predicted molar refractivity (Wildman–Crippen MR) is 174 cm³/mol. The number of imidazole rings is 1. The molecular weight excluding hydrogens is 582 g/mol. The highest BCUT2D eigenvalue weighted by atomic mass is 19.3. The summed E-state index contributed by atoms with van der Waals surface area (Å²) < 4.78 is 32.5.